The molecule has 31 heavy (non-hydrogen) atoms. The van der Waals surface area contributed by atoms with Gasteiger partial charge in [0.1, 0.15) is 23.4 Å². The third-order valence-electron chi connectivity index (χ3n) is 6.46. The van der Waals surface area contributed by atoms with Gasteiger partial charge in [-0.05, 0) is 76.0 Å². The fourth-order valence-electron chi connectivity index (χ4n) is 4.95. The van der Waals surface area contributed by atoms with E-state index in [0.717, 1.165) is 59.9 Å². The Hall–Kier alpha value is -1.62. The molecule has 1 unspecified atom stereocenters. The number of rotatable bonds is 2. The number of piperazine rings is 1. The molecule has 2 N–H and O–H groups in total. The van der Waals surface area contributed by atoms with E-state index < -0.39 is 5.60 Å². The minimum absolute atomic E-state index is 0.163. The van der Waals surface area contributed by atoms with Gasteiger partial charge in [0.2, 0.25) is 0 Å². The second-order valence-electron chi connectivity index (χ2n) is 9.82. The van der Waals surface area contributed by atoms with Gasteiger partial charge in [0, 0.05) is 47.5 Å². The van der Waals surface area contributed by atoms with E-state index in [1.807, 2.05) is 25.7 Å². The Labute approximate surface area is 197 Å². The van der Waals surface area contributed by atoms with E-state index in [4.69, 9.17) is 10.5 Å². The number of hydrogen-bond acceptors (Lipinski definition) is 6. The number of carbonyl (C=O) groups excluding carboxylic acids is 1. The Bertz CT molecular complexity index is 947. The van der Waals surface area contributed by atoms with Crippen LogP contribution in [0.15, 0.2) is 12.5 Å². The summed E-state index contributed by atoms with van der Waals surface area (Å²) in [6.45, 7) is 10.4. The maximum atomic E-state index is 12.5. The Morgan fingerprint density at radius 1 is 1.16 bits per heavy atom. The number of halogens is 1. The maximum Gasteiger partial charge on any atom is 0.410 e. The quantitative estimate of drug-likeness (QED) is 0.579. The molecule has 8 nitrogen and oxygen atoms in total. The summed E-state index contributed by atoms with van der Waals surface area (Å²) < 4.78 is 8.99. The topological polar surface area (TPSA) is 89.5 Å². The Morgan fingerprint density at radius 3 is 2.48 bits per heavy atom. The molecular formula is C22H33IN6O2. The largest absolute Gasteiger partial charge is 0.444 e. The second-order valence-corrected chi connectivity index (χ2v) is 11.0. The maximum absolute atomic E-state index is 12.5. The van der Waals surface area contributed by atoms with Crippen molar-refractivity contribution in [2.24, 2.45) is 0 Å². The van der Waals surface area contributed by atoms with Gasteiger partial charge in [-0.25, -0.2) is 14.8 Å². The van der Waals surface area contributed by atoms with Crippen LogP contribution in [-0.2, 0) is 4.74 Å². The first-order valence-corrected chi connectivity index (χ1v) is 12.2. The Morgan fingerprint density at radius 2 is 1.84 bits per heavy atom. The van der Waals surface area contributed by atoms with E-state index in [2.05, 4.69) is 55.1 Å². The summed E-state index contributed by atoms with van der Waals surface area (Å²) in [6, 6.07) is 1.17. The van der Waals surface area contributed by atoms with Crippen molar-refractivity contribution in [2.45, 2.75) is 77.1 Å². The molecule has 1 atom stereocenters. The van der Waals surface area contributed by atoms with Gasteiger partial charge in [0.25, 0.3) is 0 Å². The molecule has 9 heteroatoms. The Kier molecular flexibility index (Phi) is 6.35. The number of anilines is 1. The monoisotopic (exact) mass is 540 g/mol. The van der Waals surface area contributed by atoms with Crippen molar-refractivity contribution in [1.82, 2.24) is 24.3 Å². The van der Waals surface area contributed by atoms with Crippen LogP contribution >= 0.6 is 22.6 Å². The molecule has 1 saturated heterocycles. The number of aromatic nitrogens is 3. The van der Waals surface area contributed by atoms with Gasteiger partial charge >= 0.3 is 6.09 Å². The number of fused-ring (bicyclic) bond motifs is 1. The van der Waals surface area contributed by atoms with Gasteiger partial charge in [-0.1, -0.05) is 0 Å². The summed E-state index contributed by atoms with van der Waals surface area (Å²) in [5.41, 5.74) is 6.57. The lowest BCUT2D eigenvalue weighted by Gasteiger charge is -2.45. The van der Waals surface area contributed by atoms with Crippen molar-refractivity contribution in [1.29, 1.82) is 0 Å². The van der Waals surface area contributed by atoms with Crippen LogP contribution in [0.1, 0.15) is 59.4 Å². The van der Waals surface area contributed by atoms with Crippen molar-refractivity contribution in [3.8, 4) is 0 Å². The van der Waals surface area contributed by atoms with Crippen molar-refractivity contribution in [3.63, 3.8) is 0 Å². The van der Waals surface area contributed by atoms with E-state index in [1.165, 1.54) is 0 Å². The van der Waals surface area contributed by atoms with E-state index in [0.29, 0.717) is 17.9 Å². The van der Waals surface area contributed by atoms with Crippen LogP contribution in [0.2, 0.25) is 0 Å². The lowest BCUT2D eigenvalue weighted by atomic mass is 9.89. The molecule has 3 heterocycles. The molecule has 0 aromatic carbocycles. The molecule has 4 rings (SSSR count). The summed E-state index contributed by atoms with van der Waals surface area (Å²) >= 11 is 2.33. The lowest BCUT2D eigenvalue weighted by Crippen LogP contribution is -2.57. The highest BCUT2D eigenvalue weighted by Gasteiger charge is 2.35. The minimum Gasteiger partial charge on any atom is -0.444 e. The molecule has 1 amide bonds. The number of amides is 1. The highest BCUT2D eigenvalue weighted by atomic mass is 127. The van der Waals surface area contributed by atoms with Gasteiger partial charge in [-0.2, -0.15) is 0 Å². The molecule has 0 spiro atoms. The summed E-state index contributed by atoms with van der Waals surface area (Å²) in [5.74, 6) is 0.554. The van der Waals surface area contributed by atoms with Crippen molar-refractivity contribution in [2.75, 3.05) is 25.4 Å². The van der Waals surface area contributed by atoms with E-state index >= 15 is 0 Å². The number of nitrogens with zero attached hydrogens (tertiary/aromatic N) is 5. The molecule has 2 aromatic heterocycles. The van der Waals surface area contributed by atoms with Crippen LogP contribution in [-0.4, -0.2) is 67.7 Å². The van der Waals surface area contributed by atoms with Crippen molar-refractivity contribution < 1.29 is 9.53 Å². The van der Waals surface area contributed by atoms with E-state index in [-0.39, 0.29) is 12.1 Å². The molecule has 1 saturated carbocycles. The van der Waals surface area contributed by atoms with Gasteiger partial charge in [0.15, 0.2) is 0 Å². The fourth-order valence-corrected chi connectivity index (χ4v) is 5.77. The smallest absolute Gasteiger partial charge is 0.410 e. The standard InChI is InChI=1S/C22H33IN6O2/c1-14-11-27(9-10-28(14)21(30)31-22(2,3)4)15-5-7-16(8-6-15)29-12-17(23)18-19(24)25-13-26-20(18)29/h12-16H,5-11H2,1-4H3,(H2,24,25,26). The highest BCUT2D eigenvalue weighted by molar-refractivity contribution is 14.1. The van der Waals surface area contributed by atoms with Gasteiger partial charge in [0.05, 0.1) is 5.39 Å². The average molecular weight is 540 g/mol. The molecule has 0 bridgehead atoms. The first-order chi connectivity index (χ1) is 14.6. The van der Waals surface area contributed by atoms with Crippen molar-refractivity contribution >= 4 is 45.5 Å². The molecular weight excluding hydrogens is 507 g/mol. The van der Waals surface area contributed by atoms with E-state index in [9.17, 15) is 4.79 Å². The number of hydrogen-bond donors (Lipinski definition) is 1. The van der Waals surface area contributed by atoms with Crippen LogP contribution in [0.3, 0.4) is 0 Å². The zero-order chi connectivity index (χ0) is 22.3. The summed E-state index contributed by atoms with van der Waals surface area (Å²) in [4.78, 5) is 25.6. The predicted molar refractivity (Wildman–Crippen MR) is 130 cm³/mol. The molecule has 2 fully saturated rings. The zero-order valence-electron chi connectivity index (χ0n) is 18.8. The molecule has 2 aliphatic rings. The second kappa shape index (κ2) is 8.73. The normalized spacial score (nSPS) is 25.7. The SMILES string of the molecule is CC1CN(C2CCC(n3cc(I)c4c(N)ncnc43)CC2)CCN1C(=O)OC(C)(C)C. The first-order valence-electron chi connectivity index (χ1n) is 11.1. The van der Waals surface area contributed by atoms with Crippen LogP contribution in [0.4, 0.5) is 10.6 Å². The molecule has 0 radical (unpaired) electrons. The molecule has 170 valence electrons. The molecule has 1 aliphatic carbocycles. The van der Waals surface area contributed by atoms with Crippen LogP contribution in [0.5, 0.6) is 0 Å². The number of carbonyl (C=O) groups is 1. The van der Waals surface area contributed by atoms with Gasteiger partial charge in [-0.3, -0.25) is 4.90 Å². The highest BCUT2D eigenvalue weighted by Crippen LogP contribution is 2.36. The first kappa shape index (κ1) is 22.6. The third kappa shape index (κ3) is 4.76. The molecule has 2 aromatic rings. The van der Waals surface area contributed by atoms with E-state index in [1.54, 1.807) is 6.33 Å². The van der Waals surface area contributed by atoms with Crippen molar-refractivity contribution in [3.05, 3.63) is 16.1 Å². The van der Waals surface area contributed by atoms with Crippen LogP contribution in [0, 0.1) is 3.57 Å². The third-order valence-corrected chi connectivity index (χ3v) is 7.27. The minimum atomic E-state index is -0.456. The number of nitrogens with two attached hydrogens (primary N) is 1. The van der Waals surface area contributed by atoms with Gasteiger partial charge in [-0.15, -0.1) is 0 Å². The number of nitrogen functional groups attached to an aromatic ring is 1. The zero-order valence-corrected chi connectivity index (χ0v) is 21.0. The Balaban J connectivity index is 1.36. The lowest BCUT2D eigenvalue weighted by molar-refractivity contribution is -0.00809. The van der Waals surface area contributed by atoms with Crippen LogP contribution in [0.25, 0.3) is 11.0 Å². The number of ether oxygens (including phenoxy) is 1. The van der Waals surface area contributed by atoms with Gasteiger partial charge < -0.3 is 19.9 Å². The summed E-state index contributed by atoms with van der Waals surface area (Å²) in [6.07, 6.45) is 8.08. The predicted octanol–water partition coefficient (Wildman–Crippen LogP) is 4.04. The average Bonchev–Trinajstić information content (AvgIpc) is 3.04. The van der Waals surface area contributed by atoms with Crippen LogP contribution < -0.4 is 5.73 Å². The fraction of sp³-hybridized carbons (Fsp3) is 0.682. The summed E-state index contributed by atoms with van der Waals surface area (Å²) in [5, 5.41) is 0.970. The molecule has 1 aliphatic heterocycles. The summed E-state index contributed by atoms with van der Waals surface area (Å²) in [7, 11) is 0.